The minimum absolute atomic E-state index is 0.0488. The topological polar surface area (TPSA) is 54.5 Å². The normalized spacial score (nSPS) is 25.4. The number of pyridine rings is 1. The predicted octanol–water partition coefficient (Wildman–Crippen LogP) is 0.914. The maximum absolute atomic E-state index is 12.7. The standard InChI is InChI=1S/C14H19N3O2/c1-2-19-13-11(4-3-6-16-13)14(18)17-7-5-10-8-15-9-12(10)17/h3-4,6,10,12,15H,2,5,7-9H2,1H3/t10-,12+/m1/s1. The summed E-state index contributed by atoms with van der Waals surface area (Å²) >= 11 is 0. The summed E-state index contributed by atoms with van der Waals surface area (Å²) in [4.78, 5) is 18.8. The lowest BCUT2D eigenvalue weighted by Gasteiger charge is -2.24. The number of carbonyl (C=O) groups excluding carboxylic acids is 1. The highest BCUT2D eigenvalue weighted by atomic mass is 16.5. The Bertz CT molecular complexity index is 478. The summed E-state index contributed by atoms with van der Waals surface area (Å²) in [6.45, 7) is 5.19. The van der Waals surface area contributed by atoms with Gasteiger partial charge in [0.1, 0.15) is 5.56 Å². The minimum Gasteiger partial charge on any atom is -0.477 e. The molecule has 1 aromatic rings. The van der Waals surface area contributed by atoms with E-state index in [4.69, 9.17) is 4.74 Å². The molecule has 19 heavy (non-hydrogen) atoms. The second kappa shape index (κ2) is 5.17. The van der Waals surface area contributed by atoms with Crippen molar-refractivity contribution in [3.05, 3.63) is 23.9 Å². The Morgan fingerprint density at radius 1 is 1.58 bits per heavy atom. The molecule has 2 saturated heterocycles. The van der Waals surface area contributed by atoms with Gasteiger partial charge in [-0.3, -0.25) is 4.79 Å². The first-order valence-electron chi connectivity index (χ1n) is 6.90. The molecule has 2 atom stereocenters. The van der Waals surface area contributed by atoms with Gasteiger partial charge >= 0.3 is 0 Å². The summed E-state index contributed by atoms with van der Waals surface area (Å²) in [5.41, 5.74) is 0.580. The number of ether oxygens (including phenoxy) is 1. The second-order valence-electron chi connectivity index (χ2n) is 5.06. The molecule has 0 spiro atoms. The van der Waals surface area contributed by atoms with Gasteiger partial charge in [0.2, 0.25) is 5.88 Å². The van der Waals surface area contributed by atoms with Crippen molar-refractivity contribution < 1.29 is 9.53 Å². The van der Waals surface area contributed by atoms with Crippen LogP contribution in [0.15, 0.2) is 18.3 Å². The highest BCUT2D eigenvalue weighted by molar-refractivity contribution is 5.96. The molecular weight excluding hydrogens is 242 g/mol. The highest BCUT2D eigenvalue weighted by Crippen LogP contribution is 2.29. The van der Waals surface area contributed by atoms with Gasteiger partial charge in [-0.05, 0) is 31.4 Å². The van der Waals surface area contributed by atoms with E-state index in [1.807, 2.05) is 11.8 Å². The van der Waals surface area contributed by atoms with E-state index >= 15 is 0 Å². The van der Waals surface area contributed by atoms with Crippen molar-refractivity contribution >= 4 is 5.91 Å². The number of fused-ring (bicyclic) bond motifs is 1. The Kier molecular flexibility index (Phi) is 3.38. The molecule has 3 rings (SSSR count). The number of aromatic nitrogens is 1. The number of nitrogens with zero attached hydrogens (tertiary/aromatic N) is 2. The molecule has 0 aliphatic carbocycles. The molecule has 1 N–H and O–H groups in total. The summed E-state index contributed by atoms with van der Waals surface area (Å²) < 4.78 is 5.45. The molecule has 2 aliphatic rings. The quantitative estimate of drug-likeness (QED) is 0.879. The summed E-state index contributed by atoms with van der Waals surface area (Å²) in [6, 6.07) is 3.92. The lowest BCUT2D eigenvalue weighted by molar-refractivity contribution is 0.0732. The molecule has 5 heteroatoms. The summed E-state index contributed by atoms with van der Waals surface area (Å²) in [5.74, 6) is 1.10. The van der Waals surface area contributed by atoms with Crippen molar-refractivity contribution in [2.24, 2.45) is 5.92 Å². The maximum atomic E-state index is 12.7. The third-order valence-electron chi connectivity index (χ3n) is 3.99. The Hall–Kier alpha value is -1.62. The monoisotopic (exact) mass is 261 g/mol. The van der Waals surface area contributed by atoms with Crippen molar-refractivity contribution in [1.82, 2.24) is 15.2 Å². The summed E-state index contributed by atoms with van der Waals surface area (Å²) in [6.07, 6.45) is 2.75. The van der Waals surface area contributed by atoms with E-state index in [-0.39, 0.29) is 5.91 Å². The number of carbonyl (C=O) groups is 1. The molecule has 0 unspecified atom stereocenters. The second-order valence-corrected chi connectivity index (χ2v) is 5.06. The average Bonchev–Trinajstić information content (AvgIpc) is 3.01. The Morgan fingerprint density at radius 2 is 2.47 bits per heavy atom. The molecule has 2 fully saturated rings. The third kappa shape index (κ3) is 2.18. The first-order chi connectivity index (χ1) is 9.31. The van der Waals surface area contributed by atoms with E-state index in [9.17, 15) is 4.79 Å². The lowest BCUT2D eigenvalue weighted by Crippen LogP contribution is -2.39. The number of hydrogen-bond donors (Lipinski definition) is 1. The van der Waals surface area contributed by atoms with Gasteiger partial charge in [-0.25, -0.2) is 4.98 Å². The van der Waals surface area contributed by atoms with E-state index in [1.165, 1.54) is 0 Å². The van der Waals surface area contributed by atoms with Crippen LogP contribution in [0.25, 0.3) is 0 Å². The van der Waals surface area contributed by atoms with Crippen LogP contribution in [0.1, 0.15) is 23.7 Å². The zero-order valence-electron chi connectivity index (χ0n) is 11.1. The van der Waals surface area contributed by atoms with Crippen LogP contribution in [0.3, 0.4) is 0 Å². The fourth-order valence-corrected chi connectivity index (χ4v) is 3.06. The first kappa shape index (κ1) is 12.4. The molecule has 0 aromatic carbocycles. The molecule has 3 heterocycles. The van der Waals surface area contributed by atoms with Gasteiger partial charge in [-0.1, -0.05) is 0 Å². The van der Waals surface area contributed by atoms with E-state index < -0.39 is 0 Å². The van der Waals surface area contributed by atoms with Crippen molar-refractivity contribution in [2.75, 3.05) is 26.2 Å². The minimum atomic E-state index is 0.0488. The van der Waals surface area contributed by atoms with Gasteiger partial charge in [0.25, 0.3) is 5.91 Å². The van der Waals surface area contributed by atoms with Gasteiger partial charge in [0.15, 0.2) is 0 Å². The van der Waals surface area contributed by atoms with Crippen LogP contribution in [0.4, 0.5) is 0 Å². The van der Waals surface area contributed by atoms with Crippen LogP contribution in [0, 0.1) is 5.92 Å². The fraction of sp³-hybridized carbons (Fsp3) is 0.571. The maximum Gasteiger partial charge on any atom is 0.259 e. The molecule has 102 valence electrons. The van der Waals surface area contributed by atoms with Crippen LogP contribution in [0.2, 0.25) is 0 Å². The molecule has 0 radical (unpaired) electrons. The average molecular weight is 261 g/mol. The molecular formula is C14H19N3O2. The van der Waals surface area contributed by atoms with Crippen molar-refractivity contribution in [3.8, 4) is 5.88 Å². The highest BCUT2D eigenvalue weighted by Gasteiger charge is 2.40. The van der Waals surface area contributed by atoms with Gasteiger partial charge in [-0.2, -0.15) is 0 Å². The number of rotatable bonds is 3. The molecule has 5 nitrogen and oxygen atoms in total. The van der Waals surface area contributed by atoms with Crippen LogP contribution in [-0.2, 0) is 0 Å². The van der Waals surface area contributed by atoms with Crippen LogP contribution >= 0.6 is 0 Å². The van der Waals surface area contributed by atoms with Gasteiger partial charge in [0.05, 0.1) is 6.61 Å². The SMILES string of the molecule is CCOc1ncccc1C(=O)N1CC[C@@H]2CNC[C@@H]21. The number of likely N-dealkylation sites (tertiary alicyclic amines) is 1. The summed E-state index contributed by atoms with van der Waals surface area (Å²) in [5, 5.41) is 3.36. The zero-order chi connectivity index (χ0) is 13.2. The largest absolute Gasteiger partial charge is 0.477 e. The molecule has 1 amide bonds. The number of hydrogen-bond acceptors (Lipinski definition) is 4. The van der Waals surface area contributed by atoms with Crippen molar-refractivity contribution in [3.63, 3.8) is 0 Å². The smallest absolute Gasteiger partial charge is 0.259 e. The summed E-state index contributed by atoms with van der Waals surface area (Å²) in [7, 11) is 0. The van der Waals surface area contributed by atoms with Gasteiger partial charge < -0.3 is 15.0 Å². The van der Waals surface area contributed by atoms with Gasteiger partial charge in [0, 0.05) is 31.9 Å². The fourth-order valence-electron chi connectivity index (χ4n) is 3.06. The zero-order valence-corrected chi connectivity index (χ0v) is 11.1. The van der Waals surface area contributed by atoms with E-state index in [2.05, 4.69) is 10.3 Å². The Balaban J connectivity index is 1.84. The van der Waals surface area contributed by atoms with Gasteiger partial charge in [-0.15, -0.1) is 0 Å². The molecule has 0 saturated carbocycles. The van der Waals surface area contributed by atoms with Crippen molar-refractivity contribution in [2.45, 2.75) is 19.4 Å². The first-order valence-corrected chi connectivity index (χ1v) is 6.90. The van der Waals surface area contributed by atoms with Crippen LogP contribution in [0.5, 0.6) is 5.88 Å². The predicted molar refractivity (Wildman–Crippen MR) is 71.2 cm³/mol. The van der Waals surface area contributed by atoms with Crippen molar-refractivity contribution in [1.29, 1.82) is 0 Å². The molecule has 2 aliphatic heterocycles. The number of nitrogens with one attached hydrogen (secondary N) is 1. The Labute approximate surface area is 113 Å². The van der Waals surface area contributed by atoms with E-state index in [0.717, 1.165) is 26.1 Å². The van der Waals surface area contributed by atoms with E-state index in [0.29, 0.717) is 30.0 Å². The lowest BCUT2D eigenvalue weighted by atomic mass is 10.0. The van der Waals surface area contributed by atoms with E-state index in [1.54, 1.807) is 18.3 Å². The molecule has 0 bridgehead atoms. The third-order valence-corrected chi connectivity index (χ3v) is 3.99. The van der Waals surface area contributed by atoms with Crippen LogP contribution in [-0.4, -0.2) is 48.1 Å². The molecule has 1 aromatic heterocycles. The Morgan fingerprint density at radius 3 is 3.32 bits per heavy atom. The number of amides is 1. The van der Waals surface area contributed by atoms with Crippen LogP contribution < -0.4 is 10.1 Å².